The van der Waals surface area contributed by atoms with Crippen molar-refractivity contribution in [3.05, 3.63) is 12.3 Å². The fourth-order valence-corrected chi connectivity index (χ4v) is 2.77. The summed E-state index contributed by atoms with van der Waals surface area (Å²) in [6.45, 7) is 3.38. The molecule has 5 nitrogen and oxygen atoms in total. The quantitative estimate of drug-likeness (QED) is 0.802. The third-order valence-electron chi connectivity index (χ3n) is 3.87. The Morgan fingerprint density at radius 2 is 2.20 bits per heavy atom. The van der Waals surface area contributed by atoms with E-state index in [1.165, 1.54) is 32.1 Å². The maximum atomic E-state index is 5.92. The SMILES string of the molecule is CCCOc1ccnc(NC(CN)C2CCCCC2)n1. The first-order valence-corrected chi connectivity index (χ1v) is 7.76. The van der Waals surface area contributed by atoms with E-state index in [1.54, 1.807) is 12.3 Å². The van der Waals surface area contributed by atoms with Crippen molar-refractivity contribution < 1.29 is 4.74 Å². The molecular weight excluding hydrogens is 252 g/mol. The lowest BCUT2D eigenvalue weighted by Gasteiger charge is -2.30. The Bertz CT molecular complexity index is 393. The number of aromatic nitrogens is 2. The van der Waals surface area contributed by atoms with Crippen molar-refractivity contribution in [3.8, 4) is 5.88 Å². The average molecular weight is 278 g/mol. The lowest BCUT2D eigenvalue weighted by molar-refractivity contribution is 0.303. The van der Waals surface area contributed by atoms with Gasteiger partial charge in [0.1, 0.15) is 0 Å². The topological polar surface area (TPSA) is 73.1 Å². The highest BCUT2D eigenvalue weighted by molar-refractivity contribution is 5.29. The Kier molecular flexibility index (Phi) is 6.05. The van der Waals surface area contributed by atoms with E-state index in [9.17, 15) is 0 Å². The van der Waals surface area contributed by atoms with Gasteiger partial charge in [0.15, 0.2) is 0 Å². The summed E-state index contributed by atoms with van der Waals surface area (Å²) in [5, 5.41) is 3.39. The number of hydrogen-bond donors (Lipinski definition) is 2. The van der Waals surface area contributed by atoms with E-state index in [0.29, 0.717) is 30.9 Å². The Morgan fingerprint density at radius 1 is 1.40 bits per heavy atom. The molecule has 0 amide bonds. The molecule has 5 heteroatoms. The van der Waals surface area contributed by atoms with Gasteiger partial charge < -0.3 is 15.8 Å². The minimum absolute atomic E-state index is 0.261. The first kappa shape index (κ1) is 15.0. The molecule has 1 heterocycles. The van der Waals surface area contributed by atoms with Gasteiger partial charge in [-0.05, 0) is 25.2 Å². The molecule has 0 spiro atoms. The molecular formula is C15H26N4O. The molecule has 1 atom stereocenters. The number of nitrogens with two attached hydrogens (primary N) is 1. The number of hydrogen-bond acceptors (Lipinski definition) is 5. The van der Waals surface area contributed by atoms with Crippen molar-refractivity contribution in [3.63, 3.8) is 0 Å². The van der Waals surface area contributed by atoms with Gasteiger partial charge in [-0.3, -0.25) is 0 Å². The zero-order valence-electron chi connectivity index (χ0n) is 12.3. The van der Waals surface area contributed by atoms with Crippen molar-refractivity contribution in [1.82, 2.24) is 9.97 Å². The summed E-state index contributed by atoms with van der Waals surface area (Å²) >= 11 is 0. The first-order valence-electron chi connectivity index (χ1n) is 7.76. The Balaban J connectivity index is 1.95. The molecule has 1 aliphatic rings. The van der Waals surface area contributed by atoms with Crippen LogP contribution in [0.2, 0.25) is 0 Å². The van der Waals surface area contributed by atoms with Crippen LogP contribution >= 0.6 is 0 Å². The van der Waals surface area contributed by atoms with E-state index in [0.717, 1.165) is 6.42 Å². The Morgan fingerprint density at radius 3 is 2.90 bits per heavy atom. The van der Waals surface area contributed by atoms with Crippen LogP contribution in [0.25, 0.3) is 0 Å². The largest absolute Gasteiger partial charge is 0.478 e. The number of ether oxygens (including phenoxy) is 1. The zero-order valence-corrected chi connectivity index (χ0v) is 12.3. The van der Waals surface area contributed by atoms with E-state index in [-0.39, 0.29) is 6.04 Å². The van der Waals surface area contributed by atoms with Crippen molar-refractivity contribution in [2.45, 2.75) is 51.5 Å². The molecule has 1 fully saturated rings. The van der Waals surface area contributed by atoms with Gasteiger partial charge in [0.25, 0.3) is 0 Å². The van der Waals surface area contributed by atoms with Gasteiger partial charge in [-0.15, -0.1) is 0 Å². The van der Waals surface area contributed by atoms with Gasteiger partial charge >= 0.3 is 0 Å². The summed E-state index contributed by atoms with van der Waals surface area (Å²) in [6, 6.07) is 2.05. The fraction of sp³-hybridized carbons (Fsp3) is 0.733. The summed E-state index contributed by atoms with van der Waals surface area (Å²) in [7, 11) is 0. The van der Waals surface area contributed by atoms with Crippen LogP contribution in [0.3, 0.4) is 0 Å². The molecule has 112 valence electrons. The minimum atomic E-state index is 0.261. The second-order valence-corrected chi connectivity index (χ2v) is 5.45. The molecule has 0 bridgehead atoms. The highest BCUT2D eigenvalue weighted by Crippen LogP contribution is 2.27. The monoisotopic (exact) mass is 278 g/mol. The summed E-state index contributed by atoms with van der Waals surface area (Å²) in [5.74, 6) is 1.89. The van der Waals surface area contributed by atoms with Crippen LogP contribution in [0, 0.1) is 5.92 Å². The lowest BCUT2D eigenvalue weighted by atomic mass is 9.84. The molecule has 0 aliphatic heterocycles. The maximum Gasteiger partial charge on any atom is 0.226 e. The highest BCUT2D eigenvalue weighted by atomic mass is 16.5. The molecule has 0 radical (unpaired) electrons. The standard InChI is InChI=1S/C15H26N4O/c1-2-10-20-14-8-9-17-15(19-14)18-13(11-16)12-6-4-3-5-7-12/h8-9,12-13H,2-7,10-11,16H2,1H3,(H,17,18,19). The predicted octanol–water partition coefficient (Wildman–Crippen LogP) is 2.58. The second-order valence-electron chi connectivity index (χ2n) is 5.45. The van der Waals surface area contributed by atoms with E-state index in [1.807, 2.05) is 0 Å². The molecule has 1 aromatic rings. The Hall–Kier alpha value is -1.36. The summed E-state index contributed by atoms with van der Waals surface area (Å²) < 4.78 is 5.53. The minimum Gasteiger partial charge on any atom is -0.478 e. The lowest BCUT2D eigenvalue weighted by Crippen LogP contribution is -2.37. The number of anilines is 1. The molecule has 0 aromatic carbocycles. The molecule has 3 N–H and O–H groups in total. The van der Waals surface area contributed by atoms with E-state index in [2.05, 4.69) is 22.2 Å². The second kappa shape index (κ2) is 8.04. The number of nitrogens with zero attached hydrogens (tertiary/aromatic N) is 2. The normalized spacial score (nSPS) is 17.7. The molecule has 1 aliphatic carbocycles. The van der Waals surface area contributed by atoms with Gasteiger partial charge in [0.05, 0.1) is 6.61 Å². The molecule has 1 aromatic heterocycles. The van der Waals surface area contributed by atoms with Gasteiger partial charge in [0.2, 0.25) is 11.8 Å². The van der Waals surface area contributed by atoms with Crippen molar-refractivity contribution in [1.29, 1.82) is 0 Å². The number of rotatable bonds is 7. The van der Waals surface area contributed by atoms with Crippen LogP contribution in [0.1, 0.15) is 45.4 Å². The van der Waals surface area contributed by atoms with Crippen LogP contribution in [-0.2, 0) is 0 Å². The molecule has 20 heavy (non-hydrogen) atoms. The van der Waals surface area contributed by atoms with Crippen LogP contribution in [0.4, 0.5) is 5.95 Å². The first-order chi connectivity index (χ1) is 9.83. The summed E-state index contributed by atoms with van der Waals surface area (Å²) in [5.41, 5.74) is 5.92. The van der Waals surface area contributed by atoms with Crippen molar-refractivity contribution in [2.75, 3.05) is 18.5 Å². The van der Waals surface area contributed by atoms with E-state index >= 15 is 0 Å². The molecule has 1 saturated carbocycles. The van der Waals surface area contributed by atoms with Crippen LogP contribution in [0.5, 0.6) is 5.88 Å². The van der Waals surface area contributed by atoms with E-state index in [4.69, 9.17) is 10.5 Å². The summed E-state index contributed by atoms with van der Waals surface area (Å²) in [6.07, 6.45) is 9.17. The van der Waals surface area contributed by atoms with Crippen LogP contribution in [0.15, 0.2) is 12.3 Å². The van der Waals surface area contributed by atoms with Gasteiger partial charge in [-0.1, -0.05) is 26.2 Å². The average Bonchev–Trinajstić information content (AvgIpc) is 2.52. The maximum absolute atomic E-state index is 5.92. The third-order valence-corrected chi connectivity index (χ3v) is 3.87. The smallest absolute Gasteiger partial charge is 0.226 e. The highest BCUT2D eigenvalue weighted by Gasteiger charge is 2.23. The Labute approximate surface area is 121 Å². The van der Waals surface area contributed by atoms with Gasteiger partial charge in [-0.25, -0.2) is 4.98 Å². The fourth-order valence-electron chi connectivity index (χ4n) is 2.77. The van der Waals surface area contributed by atoms with Gasteiger partial charge in [-0.2, -0.15) is 4.98 Å². The third kappa shape index (κ3) is 4.34. The zero-order chi connectivity index (χ0) is 14.2. The van der Waals surface area contributed by atoms with Crippen LogP contribution in [-0.4, -0.2) is 29.2 Å². The molecule has 1 unspecified atom stereocenters. The van der Waals surface area contributed by atoms with E-state index < -0.39 is 0 Å². The molecule has 2 rings (SSSR count). The van der Waals surface area contributed by atoms with Crippen molar-refractivity contribution in [2.24, 2.45) is 11.7 Å². The van der Waals surface area contributed by atoms with Gasteiger partial charge in [0, 0.05) is 24.8 Å². The number of nitrogens with one attached hydrogen (secondary N) is 1. The summed E-state index contributed by atoms with van der Waals surface area (Å²) in [4.78, 5) is 8.67. The predicted molar refractivity (Wildman–Crippen MR) is 80.9 cm³/mol. The van der Waals surface area contributed by atoms with Crippen LogP contribution < -0.4 is 15.8 Å². The van der Waals surface area contributed by atoms with Crippen molar-refractivity contribution >= 4 is 5.95 Å². The molecule has 0 saturated heterocycles.